The molecule has 0 bridgehead atoms. The van der Waals surface area contributed by atoms with Crippen LogP contribution in [0.2, 0.25) is 0 Å². The van der Waals surface area contributed by atoms with Crippen molar-refractivity contribution in [2.45, 2.75) is 13.0 Å². The zero-order chi connectivity index (χ0) is 14.5. The third-order valence-corrected chi connectivity index (χ3v) is 3.73. The first-order valence-corrected chi connectivity index (χ1v) is 7.39. The van der Waals surface area contributed by atoms with Gasteiger partial charge >= 0.3 is 0 Å². The Hall–Kier alpha value is -2.14. The average Bonchev–Trinajstić information content (AvgIpc) is 2.81. The first kappa shape index (κ1) is 13.8. The van der Waals surface area contributed by atoms with E-state index < -0.39 is 0 Å². The van der Waals surface area contributed by atoms with Crippen molar-refractivity contribution in [2.75, 3.05) is 26.2 Å². The second-order valence-electron chi connectivity index (χ2n) is 5.28. The van der Waals surface area contributed by atoms with Gasteiger partial charge in [0.05, 0.1) is 6.20 Å². The van der Waals surface area contributed by atoms with Gasteiger partial charge in [0, 0.05) is 31.4 Å². The van der Waals surface area contributed by atoms with Crippen LogP contribution in [0, 0.1) is 0 Å². The van der Waals surface area contributed by atoms with Crippen molar-refractivity contribution in [3.63, 3.8) is 0 Å². The van der Waals surface area contributed by atoms with Crippen LogP contribution in [0.1, 0.15) is 6.42 Å². The highest BCUT2D eigenvalue weighted by Gasteiger charge is 2.16. The molecular formula is C16H20N4O. The summed E-state index contributed by atoms with van der Waals surface area (Å²) < 4.78 is 1.73. The number of hydrogen-bond acceptors (Lipinski definition) is 3. The normalized spacial score (nSPS) is 15.7. The summed E-state index contributed by atoms with van der Waals surface area (Å²) in [5.41, 5.74) is 2.16. The topological polar surface area (TPSA) is 50.2 Å². The molecule has 1 aromatic carbocycles. The lowest BCUT2D eigenvalue weighted by molar-refractivity contribution is -0.131. The Balaban J connectivity index is 1.65. The molecule has 5 nitrogen and oxygen atoms in total. The molecule has 1 aliphatic heterocycles. The van der Waals surface area contributed by atoms with Crippen molar-refractivity contribution in [3.8, 4) is 11.1 Å². The minimum Gasteiger partial charge on any atom is -0.340 e. The van der Waals surface area contributed by atoms with E-state index in [2.05, 4.69) is 10.4 Å². The Labute approximate surface area is 124 Å². The van der Waals surface area contributed by atoms with E-state index in [0.717, 1.165) is 43.7 Å². The maximum Gasteiger partial charge on any atom is 0.244 e. The number of rotatable bonds is 3. The summed E-state index contributed by atoms with van der Waals surface area (Å²) in [6.45, 7) is 3.79. The fourth-order valence-corrected chi connectivity index (χ4v) is 2.56. The van der Waals surface area contributed by atoms with Gasteiger partial charge in [0.1, 0.15) is 6.54 Å². The predicted molar refractivity (Wildman–Crippen MR) is 81.7 cm³/mol. The number of aromatic nitrogens is 2. The van der Waals surface area contributed by atoms with E-state index in [1.54, 1.807) is 4.68 Å². The lowest BCUT2D eigenvalue weighted by Crippen LogP contribution is -2.36. The highest BCUT2D eigenvalue weighted by molar-refractivity contribution is 5.76. The molecule has 110 valence electrons. The van der Waals surface area contributed by atoms with Gasteiger partial charge in [-0.15, -0.1) is 0 Å². The first-order chi connectivity index (χ1) is 10.3. The first-order valence-electron chi connectivity index (χ1n) is 7.39. The standard InChI is InChI=1S/C16H20N4O/c21-16(19-9-4-7-17-8-10-19)13-20-12-15(11-18-20)14-5-2-1-3-6-14/h1-3,5-6,11-12,17H,4,7-10,13H2. The van der Waals surface area contributed by atoms with Crippen LogP contribution in [-0.4, -0.2) is 46.8 Å². The van der Waals surface area contributed by atoms with Crippen molar-refractivity contribution >= 4 is 5.91 Å². The molecule has 0 saturated carbocycles. The highest BCUT2D eigenvalue weighted by Crippen LogP contribution is 2.17. The zero-order valence-corrected chi connectivity index (χ0v) is 12.0. The molecule has 1 fully saturated rings. The van der Waals surface area contributed by atoms with Gasteiger partial charge in [0.25, 0.3) is 0 Å². The van der Waals surface area contributed by atoms with E-state index >= 15 is 0 Å². The minimum atomic E-state index is 0.140. The lowest BCUT2D eigenvalue weighted by atomic mass is 10.1. The molecule has 0 radical (unpaired) electrons. The zero-order valence-electron chi connectivity index (χ0n) is 12.0. The van der Waals surface area contributed by atoms with Crippen LogP contribution in [-0.2, 0) is 11.3 Å². The number of nitrogens with one attached hydrogen (secondary N) is 1. The summed E-state index contributed by atoms with van der Waals surface area (Å²) in [7, 11) is 0. The number of carbonyl (C=O) groups excluding carboxylic acids is 1. The van der Waals surface area contributed by atoms with Crippen LogP contribution in [0.4, 0.5) is 0 Å². The van der Waals surface area contributed by atoms with Crippen LogP contribution in [0.3, 0.4) is 0 Å². The summed E-state index contributed by atoms with van der Waals surface area (Å²) >= 11 is 0. The molecule has 1 aromatic heterocycles. The van der Waals surface area contributed by atoms with Gasteiger partial charge in [-0.25, -0.2) is 0 Å². The molecule has 0 spiro atoms. The molecule has 5 heteroatoms. The van der Waals surface area contributed by atoms with E-state index in [1.165, 1.54) is 0 Å². The van der Waals surface area contributed by atoms with Gasteiger partial charge in [0.15, 0.2) is 0 Å². The van der Waals surface area contributed by atoms with Gasteiger partial charge in [-0.3, -0.25) is 9.48 Å². The van der Waals surface area contributed by atoms with Crippen molar-refractivity contribution < 1.29 is 4.79 Å². The minimum absolute atomic E-state index is 0.140. The molecule has 2 heterocycles. The third kappa shape index (κ3) is 3.49. The van der Waals surface area contributed by atoms with E-state index in [-0.39, 0.29) is 5.91 Å². The summed E-state index contributed by atoms with van der Waals surface area (Å²) in [4.78, 5) is 14.2. The average molecular weight is 284 g/mol. The van der Waals surface area contributed by atoms with Gasteiger partial charge in [-0.1, -0.05) is 30.3 Å². The number of carbonyl (C=O) groups is 1. The second kappa shape index (κ2) is 6.54. The van der Waals surface area contributed by atoms with Crippen LogP contribution in [0.15, 0.2) is 42.7 Å². The SMILES string of the molecule is O=C(Cn1cc(-c2ccccc2)cn1)N1CCCNCC1. The second-order valence-corrected chi connectivity index (χ2v) is 5.28. The van der Waals surface area contributed by atoms with Crippen LogP contribution >= 0.6 is 0 Å². The van der Waals surface area contributed by atoms with Gasteiger partial charge in [0.2, 0.25) is 5.91 Å². The molecule has 0 aliphatic carbocycles. The molecule has 1 amide bonds. The number of amides is 1. The van der Waals surface area contributed by atoms with E-state index in [0.29, 0.717) is 6.54 Å². The fourth-order valence-electron chi connectivity index (χ4n) is 2.56. The predicted octanol–water partition coefficient (Wildman–Crippen LogP) is 1.37. The van der Waals surface area contributed by atoms with E-state index in [9.17, 15) is 4.79 Å². The fraction of sp³-hybridized carbons (Fsp3) is 0.375. The Morgan fingerprint density at radius 2 is 2.00 bits per heavy atom. The Bertz CT molecular complexity index is 585. The number of nitrogens with zero attached hydrogens (tertiary/aromatic N) is 3. The van der Waals surface area contributed by atoms with E-state index in [4.69, 9.17) is 0 Å². The summed E-state index contributed by atoms with van der Waals surface area (Å²) in [5, 5.41) is 7.61. The molecule has 2 aromatic rings. The van der Waals surface area contributed by atoms with Crippen molar-refractivity contribution in [2.24, 2.45) is 0 Å². The number of benzene rings is 1. The van der Waals surface area contributed by atoms with Crippen molar-refractivity contribution in [3.05, 3.63) is 42.7 Å². The molecule has 0 atom stereocenters. The van der Waals surface area contributed by atoms with E-state index in [1.807, 2.05) is 47.6 Å². The Kier molecular flexibility index (Phi) is 4.31. The number of hydrogen-bond donors (Lipinski definition) is 1. The van der Waals surface area contributed by atoms with Gasteiger partial charge < -0.3 is 10.2 Å². The van der Waals surface area contributed by atoms with Crippen LogP contribution in [0.5, 0.6) is 0 Å². The Morgan fingerprint density at radius 1 is 1.14 bits per heavy atom. The maximum atomic E-state index is 12.3. The van der Waals surface area contributed by atoms with Crippen LogP contribution in [0.25, 0.3) is 11.1 Å². The molecule has 3 rings (SSSR count). The Morgan fingerprint density at radius 3 is 2.86 bits per heavy atom. The van der Waals surface area contributed by atoms with Gasteiger partial charge in [-0.05, 0) is 18.5 Å². The smallest absolute Gasteiger partial charge is 0.244 e. The molecule has 1 N–H and O–H groups in total. The van der Waals surface area contributed by atoms with Crippen molar-refractivity contribution in [1.82, 2.24) is 20.0 Å². The monoisotopic (exact) mass is 284 g/mol. The summed E-state index contributed by atoms with van der Waals surface area (Å²) in [6, 6.07) is 10.1. The maximum absolute atomic E-state index is 12.3. The summed E-state index contributed by atoms with van der Waals surface area (Å²) in [5.74, 6) is 0.140. The molecule has 21 heavy (non-hydrogen) atoms. The quantitative estimate of drug-likeness (QED) is 0.926. The molecule has 1 saturated heterocycles. The molecule has 0 unspecified atom stereocenters. The van der Waals surface area contributed by atoms with Crippen LogP contribution < -0.4 is 5.32 Å². The highest BCUT2D eigenvalue weighted by atomic mass is 16.2. The largest absolute Gasteiger partial charge is 0.340 e. The lowest BCUT2D eigenvalue weighted by Gasteiger charge is -2.19. The van der Waals surface area contributed by atoms with Gasteiger partial charge in [-0.2, -0.15) is 5.10 Å². The summed E-state index contributed by atoms with van der Waals surface area (Å²) in [6.07, 6.45) is 4.76. The molecule has 1 aliphatic rings. The molecular weight excluding hydrogens is 264 g/mol. The van der Waals surface area contributed by atoms with Crippen molar-refractivity contribution in [1.29, 1.82) is 0 Å². The third-order valence-electron chi connectivity index (χ3n) is 3.73.